The van der Waals surface area contributed by atoms with Crippen molar-refractivity contribution in [1.29, 1.82) is 0 Å². The SMILES string of the molecule is CC(=O)N1CCN([C@@H]2CN(Cc3csc(C)n3)C[C@@H]2C)CC1. The van der Waals surface area contributed by atoms with Gasteiger partial charge in [-0.3, -0.25) is 14.6 Å². The van der Waals surface area contributed by atoms with Gasteiger partial charge in [0.25, 0.3) is 0 Å². The van der Waals surface area contributed by atoms with E-state index in [0.29, 0.717) is 12.0 Å². The van der Waals surface area contributed by atoms with E-state index in [0.717, 1.165) is 50.8 Å². The van der Waals surface area contributed by atoms with Gasteiger partial charge in [-0.15, -0.1) is 11.3 Å². The number of carbonyl (C=O) groups is 1. The van der Waals surface area contributed by atoms with Crippen LogP contribution in [0.15, 0.2) is 5.38 Å². The van der Waals surface area contributed by atoms with E-state index in [1.807, 2.05) is 4.90 Å². The molecule has 5 nitrogen and oxygen atoms in total. The highest BCUT2D eigenvalue weighted by atomic mass is 32.1. The van der Waals surface area contributed by atoms with Crippen molar-refractivity contribution in [2.24, 2.45) is 5.92 Å². The van der Waals surface area contributed by atoms with Crippen LogP contribution < -0.4 is 0 Å². The van der Waals surface area contributed by atoms with Crippen LogP contribution in [0.3, 0.4) is 0 Å². The third-order valence-corrected chi connectivity index (χ3v) is 5.75. The molecule has 1 aromatic heterocycles. The third-order valence-electron chi connectivity index (χ3n) is 4.93. The van der Waals surface area contributed by atoms with Gasteiger partial charge in [0.05, 0.1) is 10.7 Å². The number of rotatable bonds is 3. The summed E-state index contributed by atoms with van der Waals surface area (Å²) >= 11 is 1.73. The second-order valence-corrected chi connectivity index (χ2v) is 7.70. The van der Waals surface area contributed by atoms with Crippen molar-refractivity contribution in [3.63, 3.8) is 0 Å². The van der Waals surface area contributed by atoms with Crippen LogP contribution in [0.25, 0.3) is 0 Å². The Labute approximate surface area is 136 Å². The predicted molar refractivity (Wildman–Crippen MR) is 88.9 cm³/mol. The van der Waals surface area contributed by atoms with Gasteiger partial charge in [0.1, 0.15) is 0 Å². The van der Waals surface area contributed by atoms with Gasteiger partial charge in [-0.1, -0.05) is 6.92 Å². The van der Waals surface area contributed by atoms with Gasteiger partial charge in [0.2, 0.25) is 5.91 Å². The molecule has 0 bridgehead atoms. The van der Waals surface area contributed by atoms with E-state index in [9.17, 15) is 4.79 Å². The molecular weight excluding hydrogens is 296 g/mol. The fourth-order valence-electron chi connectivity index (χ4n) is 3.73. The number of piperazine rings is 1. The molecule has 0 unspecified atom stereocenters. The fourth-order valence-corrected chi connectivity index (χ4v) is 4.33. The summed E-state index contributed by atoms with van der Waals surface area (Å²) in [6.07, 6.45) is 0. The molecule has 2 aliphatic rings. The van der Waals surface area contributed by atoms with Gasteiger partial charge < -0.3 is 4.90 Å². The third kappa shape index (κ3) is 3.50. The molecule has 0 aliphatic carbocycles. The molecule has 2 saturated heterocycles. The van der Waals surface area contributed by atoms with Gasteiger partial charge in [0, 0.05) is 64.2 Å². The minimum Gasteiger partial charge on any atom is -0.340 e. The van der Waals surface area contributed by atoms with Crippen molar-refractivity contribution in [2.45, 2.75) is 33.4 Å². The van der Waals surface area contributed by atoms with Crippen LogP contribution in [0.1, 0.15) is 24.5 Å². The number of hydrogen-bond donors (Lipinski definition) is 0. The Morgan fingerprint density at radius 3 is 2.64 bits per heavy atom. The zero-order chi connectivity index (χ0) is 15.7. The van der Waals surface area contributed by atoms with Crippen LogP contribution in [0.4, 0.5) is 0 Å². The lowest BCUT2D eigenvalue weighted by molar-refractivity contribution is -0.130. The van der Waals surface area contributed by atoms with Crippen LogP contribution in [0, 0.1) is 12.8 Å². The number of likely N-dealkylation sites (tertiary alicyclic amines) is 1. The Morgan fingerprint density at radius 2 is 2.05 bits per heavy atom. The van der Waals surface area contributed by atoms with Crippen LogP contribution in [0.5, 0.6) is 0 Å². The maximum Gasteiger partial charge on any atom is 0.219 e. The molecule has 0 radical (unpaired) electrons. The monoisotopic (exact) mass is 322 g/mol. The van der Waals surface area contributed by atoms with Crippen LogP contribution in [-0.4, -0.2) is 70.9 Å². The predicted octanol–water partition coefficient (Wildman–Crippen LogP) is 1.44. The summed E-state index contributed by atoms with van der Waals surface area (Å²) < 4.78 is 0. The summed E-state index contributed by atoms with van der Waals surface area (Å²) in [7, 11) is 0. The van der Waals surface area contributed by atoms with Crippen molar-refractivity contribution >= 4 is 17.2 Å². The number of carbonyl (C=O) groups excluding carboxylic acids is 1. The molecule has 0 saturated carbocycles. The maximum atomic E-state index is 11.4. The smallest absolute Gasteiger partial charge is 0.219 e. The molecule has 22 heavy (non-hydrogen) atoms. The summed E-state index contributed by atoms with van der Waals surface area (Å²) in [4.78, 5) is 23.1. The molecule has 0 N–H and O–H groups in total. The van der Waals surface area contributed by atoms with Gasteiger partial charge in [-0.25, -0.2) is 4.98 Å². The van der Waals surface area contributed by atoms with E-state index in [4.69, 9.17) is 0 Å². The van der Waals surface area contributed by atoms with Crippen molar-refractivity contribution in [3.05, 3.63) is 16.1 Å². The van der Waals surface area contributed by atoms with Crippen molar-refractivity contribution in [2.75, 3.05) is 39.3 Å². The van der Waals surface area contributed by atoms with Gasteiger partial charge >= 0.3 is 0 Å². The lowest BCUT2D eigenvalue weighted by atomic mass is 10.0. The summed E-state index contributed by atoms with van der Waals surface area (Å²) in [6, 6.07) is 0.619. The van der Waals surface area contributed by atoms with Crippen molar-refractivity contribution < 1.29 is 4.79 Å². The molecule has 1 amide bonds. The number of hydrogen-bond acceptors (Lipinski definition) is 5. The number of amides is 1. The summed E-state index contributed by atoms with van der Waals surface area (Å²) in [6.45, 7) is 13.1. The number of aryl methyl sites for hydroxylation is 1. The maximum absolute atomic E-state index is 11.4. The lowest BCUT2D eigenvalue weighted by Crippen LogP contribution is -2.53. The molecule has 2 aliphatic heterocycles. The zero-order valence-electron chi connectivity index (χ0n) is 13.8. The minimum atomic E-state index is 0.208. The Kier molecular flexibility index (Phi) is 4.80. The Balaban J connectivity index is 1.54. The number of thiazole rings is 1. The molecule has 3 heterocycles. The molecule has 3 rings (SSSR count). The van der Waals surface area contributed by atoms with E-state index in [1.54, 1.807) is 18.3 Å². The average Bonchev–Trinajstić information content (AvgIpc) is 3.05. The van der Waals surface area contributed by atoms with Gasteiger partial charge in [0.15, 0.2) is 0 Å². The first-order valence-electron chi connectivity index (χ1n) is 8.16. The zero-order valence-corrected chi connectivity index (χ0v) is 14.6. The standard InChI is InChI=1S/C16H26N4OS/c1-12-8-18(9-15-11-22-13(2)17-15)10-16(12)20-6-4-19(5-7-20)14(3)21/h11-12,16H,4-10H2,1-3H3/t12-,16+/m0/s1. The molecule has 2 fully saturated rings. The Bertz CT molecular complexity index is 524. The fraction of sp³-hybridized carbons (Fsp3) is 0.750. The van der Waals surface area contributed by atoms with Crippen molar-refractivity contribution in [1.82, 2.24) is 19.7 Å². The lowest BCUT2D eigenvalue weighted by Gasteiger charge is -2.39. The van der Waals surface area contributed by atoms with Crippen LogP contribution in [-0.2, 0) is 11.3 Å². The van der Waals surface area contributed by atoms with Crippen molar-refractivity contribution in [3.8, 4) is 0 Å². The molecule has 0 spiro atoms. The molecule has 0 aromatic carbocycles. The first kappa shape index (κ1) is 15.9. The highest BCUT2D eigenvalue weighted by molar-refractivity contribution is 7.09. The van der Waals surface area contributed by atoms with Gasteiger partial charge in [-0.05, 0) is 12.8 Å². The normalized spacial score (nSPS) is 27.5. The highest BCUT2D eigenvalue weighted by Gasteiger charge is 2.35. The van der Waals surface area contributed by atoms with E-state index < -0.39 is 0 Å². The molecule has 1 aromatic rings. The highest BCUT2D eigenvalue weighted by Crippen LogP contribution is 2.24. The first-order valence-corrected chi connectivity index (χ1v) is 9.04. The second-order valence-electron chi connectivity index (χ2n) is 6.64. The second kappa shape index (κ2) is 6.64. The Morgan fingerprint density at radius 1 is 1.32 bits per heavy atom. The average molecular weight is 322 g/mol. The number of aromatic nitrogens is 1. The first-order chi connectivity index (χ1) is 10.5. The van der Waals surface area contributed by atoms with E-state index >= 15 is 0 Å². The van der Waals surface area contributed by atoms with Crippen LogP contribution >= 0.6 is 11.3 Å². The van der Waals surface area contributed by atoms with E-state index in [1.165, 1.54) is 5.69 Å². The molecule has 2 atom stereocenters. The largest absolute Gasteiger partial charge is 0.340 e. The minimum absolute atomic E-state index is 0.208. The van der Waals surface area contributed by atoms with Crippen LogP contribution in [0.2, 0.25) is 0 Å². The molecule has 6 heteroatoms. The Hall–Kier alpha value is -0.980. The summed E-state index contributed by atoms with van der Waals surface area (Å²) in [5, 5.41) is 3.33. The van der Waals surface area contributed by atoms with E-state index in [2.05, 4.69) is 34.0 Å². The molecular formula is C16H26N4OS. The molecule has 122 valence electrons. The summed E-state index contributed by atoms with van der Waals surface area (Å²) in [5.74, 6) is 0.892. The topological polar surface area (TPSA) is 39.7 Å². The quantitative estimate of drug-likeness (QED) is 0.844. The number of nitrogens with zero attached hydrogens (tertiary/aromatic N) is 4. The van der Waals surface area contributed by atoms with E-state index in [-0.39, 0.29) is 5.91 Å². The summed E-state index contributed by atoms with van der Waals surface area (Å²) in [5.41, 5.74) is 1.21. The van der Waals surface area contributed by atoms with Gasteiger partial charge in [-0.2, -0.15) is 0 Å².